The van der Waals surface area contributed by atoms with E-state index in [4.69, 9.17) is 4.74 Å². The number of hydrogen-bond donors (Lipinski definition) is 1. The lowest BCUT2D eigenvalue weighted by Crippen LogP contribution is -2.29. The number of methoxy groups -OCH3 is 1. The van der Waals surface area contributed by atoms with E-state index >= 15 is 0 Å². The molecular weight excluding hydrogens is 258 g/mol. The largest absolute Gasteiger partial charge is 0.497 e. The SMILES string of the molecule is CNC1CCCC1CCS(=O)c1cccc(OC)c1. The Bertz CT molecular complexity index is 436. The van der Waals surface area contributed by atoms with Crippen LogP contribution in [0.15, 0.2) is 29.2 Å². The quantitative estimate of drug-likeness (QED) is 0.871. The number of hydrogen-bond acceptors (Lipinski definition) is 3. The van der Waals surface area contributed by atoms with E-state index in [-0.39, 0.29) is 0 Å². The zero-order valence-corrected chi connectivity index (χ0v) is 12.5. The van der Waals surface area contributed by atoms with E-state index in [9.17, 15) is 4.21 Å². The van der Waals surface area contributed by atoms with Crippen LogP contribution in [-0.2, 0) is 10.8 Å². The number of ether oxygens (including phenoxy) is 1. The van der Waals surface area contributed by atoms with Gasteiger partial charge in [-0.1, -0.05) is 12.5 Å². The predicted molar refractivity (Wildman–Crippen MR) is 79.1 cm³/mol. The molecule has 106 valence electrons. The molecule has 0 bridgehead atoms. The summed E-state index contributed by atoms with van der Waals surface area (Å²) in [6.07, 6.45) is 4.85. The molecule has 1 fully saturated rings. The highest BCUT2D eigenvalue weighted by Crippen LogP contribution is 2.29. The van der Waals surface area contributed by atoms with Gasteiger partial charge in [0, 0.05) is 16.7 Å². The molecule has 1 aromatic rings. The van der Waals surface area contributed by atoms with E-state index in [1.165, 1.54) is 19.3 Å². The topological polar surface area (TPSA) is 38.3 Å². The maximum absolute atomic E-state index is 12.3. The van der Waals surface area contributed by atoms with Gasteiger partial charge in [-0.3, -0.25) is 4.21 Å². The summed E-state index contributed by atoms with van der Waals surface area (Å²) in [6.45, 7) is 0. The molecule has 4 heteroatoms. The molecule has 3 atom stereocenters. The van der Waals surface area contributed by atoms with Gasteiger partial charge in [0.05, 0.1) is 17.9 Å². The van der Waals surface area contributed by atoms with Crippen LogP contribution in [0.4, 0.5) is 0 Å². The Labute approximate surface area is 118 Å². The maximum Gasteiger partial charge on any atom is 0.120 e. The van der Waals surface area contributed by atoms with Crippen LogP contribution < -0.4 is 10.1 Å². The molecule has 0 amide bonds. The highest BCUT2D eigenvalue weighted by molar-refractivity contribution is 7.85. The van der Waals surface area contributed by atoms with Gasteiger partial charge in [0.1, 0.15) is 5.75 Å². The zero-order chi connectivity index (χ0) is 13.7. The first-order valence-corrected chi connectivity index (χ1v) is 8.26. The molecule has 1 aliphatic rings. The van der Waals surface area contributed by atoms with Crippen LogP contribution >= 0.6 is 0 Å². The van der Waals surface area contributed by atoms with Crippen LogP contribution in [-0.4, -0.2) is 30.2 Å². The summed E-state index contributed by atoms with van der Waals surface area (Å²) in [5.74, 6) is 2.20. The summed E-state index contributed by atoms with van der Waals surface area (Å²) in [5.41, 5.74) is 0. The molecular formula is C15H23NO2S. The van der Waals surface area contributed by atoms with Crippen molar-refractivity contribution in [2.24, 2.45) is 5.92 Å². The lowest BCUT2D eigenvalue weighted by molar-refractivity contribution is 0.413. The third-order valence-electron chi connectivity index (χ3n) is 4.01. The van der Waals surface area contributed by atoms with Gasteiger partial charge >= 0.3 is 0 Å². The van der Waals surface area contributed by atoms with Crippen molar-refractivity contribution in [3.05, 3.63) is 24.3 Å². The van der Waals surface area contributed by atoms with Crippen molar-refractivity contribution in [2.45, 2.75) is 36.6 Å². The average Bonchev–Trinajstić information content (AvgIpc) is 2.92. The molecule has 3 unspecified atom stereocenters. The van der Waals surface area contributed by atoms with E-state index in [1.54, 1.807) is 7.11 Å². The fourth-order valence-electron chi connectivity index (χ4n) is 2.88. The highest BCUT2D eigenvalue weighted by atomic mass is 32.2. The molecule has 0 heterocycles. The second-order valence-corrected chi connectivity index (χ2v) is 6.67. The summed E-state index contributed by atoms with van der Waals surface area (Å²) in [5, 5.41) is 3.38. The van der Waals surface area contributed by atoms with Gasteiger partial charge in [0.2, 0.25) is 0 Å². The first-order chi connectivity index (χ1) is 9.24. The first-order valence-electron chi connectivity index (χ1n) is 6.94. The van der Waals surface area contributed by atoms with Crippen LogP contribution in [0.1, 0.15) is 25.7 Å². The third-order valence-corrected chi connectivity index (χ3v) is 5.39. The van der Waals surface area contributed by atoms with Gasteiger partial charge in [-0.05, 0) is 50.4 Å². The second kappa shape index (κ2) is 7.06. The smallest absolute Gasteiger partial charge is 0.120 e. The van der Waals surface area contributed by atoms with Crippen LogP contribution in [0.25, 0.3) is 0 Å². The standard InChI is InChI=1S/C15H23NO2S/c1-16-15-8-3-5-12(15)9-10-19(17)14-7-4-6-13(11-14)18-2/h4,6-7,11-12,15-16H,3,5,8-10H2,1-2H3. The fourth-order valence-corrected chi connectivity index (χ4v) is 4.11. The molecule has 0 aliphatic heterocycles. The summed E-state index contributed by atoms with van der Waals surface area (Å²) in [6, 6.07) is 8.19. The van der Waals surface area contributed by atoms with Crippen molar-refractivity contribution < 1.29 is 8.95 Å². The molecule has 1 aromatic carbocycles. The van der Waals surface area contributed by atoms with E-state index in [1.807, 2.05) is 31.3 Å². The minimum atomic E-state index is -0.916. The minimum Gasteiger partial charge on any atom is -0.497 e. The molecule has 1 saturated carbocycles. The van der Waals surface area contributed by atoms with E-state index in [2.05, 4.69) is 5.32 Å². The normalized spacial score (nSPS) is 24.3. The number of nitrogens with one attached hydrogen (secondary N) is 1. The average molecular weight is 281 g/mol. The lowest BCUT2D eigenvalue weighted by atomic mass is 10.0. The molecule has 0 radical (unpaired) electrons. The second-order valence-electron chi connectivity index (χ2n) is 5.10. The molecule has 1 N–H and O–H groups in total. The Morgan fingerprint density at radius 2 is 2.26 bits per heavy atom. The van der Waals surface area contributed by atoms with E-state index < -0.39 is 10.8 Å². The van der Waals surface area contributed by atoms with Gasteiger partial charge in [0.15, 0.2) is 0 Å². The predicted octanol–water partition coefficient (Wildman–Crippen LogP) is 2.58. The summed E-state index contributed by atoms with van der Waals surface area (Å²) in [4.78, 5) is 0.873. The molecule has 0 spiro atoms. The summed E-state index contributed by atoms with van der Waals surface area (Å²) < 4.78 is 17.5. The van der Waals surface area contributed by atoms with Crippen molar-refractivity contribution in [1.29, 1.82) is 0 Å². The molecule has 3 nitrogen and oxygen atoms in total. The van der Waals surface area contributed by atoms with Crippen LogP contribution in [0, 0.1) is 5.92 Å². The lowest BCUT2D eigenvalue weighted by Gasteiger charge is -2.18. The molecule has 0 saturated heterocycles. The van der Waals surface area contributed by atoms with Crippen LogP contribution in [0.5, 0.6) is 5.75 Å². The van der Waals surface area contributed by atoms with Crippen molar-refractivity contribution >= 4 is 10.8 Å². The van der Waals surface area contributed by atoms with Crippen molar-refractivity contribution in [3.8, 4) is 5.75 Å². The molecule has 19 heavy (non-hydrogen) atoms. The van der Waals surface area contributed by atoms with Gasteiger partial charge in [-0.15, -0.1) is 0 Å². The Hall–Kier alpha value is -0.870. The van der Waals surface area contributed by atoms with Crippen molar-refractivity contribution in [3.63, 3.8) is 0 Å². The van der Waals surface area contributed by atoms with Crippen LogP contribution in [0.2, 0.25) is 0 Å². The molecule has 2 rings (SSSR count). The third kappa shape index (κ3) is 3.80. The Morgan fingerprint density at radius 1 is 1.42 bits per heavy atom. The number of benzene rings is 1. The summed E-state index contributed by atoms with van der Waals surface area (Å²) in [7, 11) is 2.75. The Kier molecular flexibility index (Phi) is 5.40. The van der Waals surface area contributed by atoms with Gasteiger partial charge in [-0.25, -0.2) is 0 Å². The summed E-state index contributed by atoms with van der Waals surface area (Å²) >= 11 is 0. The molecule has 0 aromatic heterocycles. The minimum absolute atomic E-state index is 0.613. The van der Waals surface area contributed by atoms with Gasteiger partial charge in [0.25, 0.3) is 0 Å². The monoisotopic (exact) mass is 281 g/mol. The van der Waals surface area contributed by atoms with Gasteiger partial charge in [-0.2, -0.15) is 0 Å². The zero-order valence-electron chi connectivity index (χ0n) is 11.7. The highest BCUT2D eigenvalue weighted by Gasteiger charge is 2.25. The Morgan fingerprint density at radius 3 is 3.00 bits per heavy atom. The maximum atomic E-state index is 12.3. The van der Waals surface area contributed by atoms with Crippen LogP contribution in [0.3, 0.4) is 0 Å². The van der Waals surface area contributed by atoms with Gasteiger partial charge < -0.3 is 10.1 Å². The Balaban J connectivity index is 1.90. The van der Waals surface area contributed by atoms with E-state index in [0.29, 0.717) is 12.0 Å². The number of rotatable bonds is 6. The van der Waals surface area contributed by atoms with E-state index in [0.717, 1.165) is 22.8 Å². The first kappa shape index (κ1) is 14.5. The van der Waals surface area contributed by atoms with Crippen molar-refractivity contribution in [1.82, 2.24) is 5.32 Å². The van der Waals surface area contributed by atoms with Crippen molar-refractivity contribution in [2.75, 3.05) is 19.9 Å². The fraction of sp³-hybridized carbons (Fsp3) is 0.600. The molecule has 1 aliphatic carbocycles.